The molecule has 0 aliphatic rings. The van der Waals surface area contributed by atoms with Gasteiger partial charge in [0.15, 0.2) is 5.82 Å². The number of rotatable bonds is 6. The molecule has 114 valence electrons. The van der Waals surface area contributed by atoms with Crippen LogP contribution in [-0.4, -0.2) is 26.8 Å². The molecule has 0 saturated heterocycles. The molecule has 1 unspecified atom stereocenters. The lowest BCUT2D eigenvalue weighted by Crippen LogP contribution is -2.26. The van der Waals surface area contributed by atoms with Crippen molar-refractivity contribution in [1.29, 1.82) is 0 Å². The van der Waals surface area contributed by atoms with Gasteiger partial charge in [-0.15, -0.1) is 5.10 Å². The summed E-state index contributed by atoms with van der Waals surface area (Å²) in [7, 11) is 0. The van der Waals surface area contributed by atoms with Crippen LogP contribution in [0.2, 0.25) is 5.02 Å². The van der Waals surface area contributed by atoms with Gasteiger partial charge in [-0.1, -0.05) is 31.5 Å². The molecular weight excluding hydrogens is 293 g/mol. The number of tetrazole rings is 1. The quantitative estimate of drug-likeness (QED) is 0.891. The first kappa shape index (κ1) is 15.9. The summed E-state index contributed by atoms with van der Waals surface area (Å²) in [6.07, 6.45) is 0. The molecule has 1 aromatic carbocycles. The SMILES string of the molecule is CC(C)CNC(C)c1nnnn1Cc1ccc(F)c(Cl)c1. The van der Waals surface area contributed by atoms with E-state index in [1.54, 1.807) is 16.8 Å². The van der Waals surface area contributed by atoms with Crippen LogP contribution in [0.1, 0.15) is 38.2 Å². The lowest BCUT2D eigenvalue weighted by Gasteiger charge is -2.15. The second kappa shape index (κ2) is 6.95. The smallest absolute Gasteiger partial charge is 0.168 e. The Morgan fingerprint density at radius 2 is 2.10 bits per heavy atom. The van der Waals surface area contributed by atoms with Crippen molar-refractivity contribution in [3.63, 3.8) is 0 Å². The van der Waals surface area contributed by atoms with Crippen molar-refractivity contribution in [3.05, 3.63) is 40.4 Å². The van der Waals surface area contributed by atoms with Crippen LogP contribution in [0, 0.1) is 11.7 Å². The maximum atomic E-state index is 13.2. The van der Waals surface area contributed by atoms with Crippen molar-refractivity contribution in [2.45, 2.75) is 33.4 Å². The van der Waals surface area contributed by atoms with Crippen LogP contribution < -0.4 is 5.32 Å². The number of hydrogen-bond acceptors (Lipinski definition) is 4. The van der Waals surface area contributed by atoms with E-state index in [1.165, 1.54) is 6.07 Å². The van der Waals surface area contributed by atoms with Crippen molar-refractivity contribution in [2.75, 3.05) is 6.54 Å². The first-order valence-corrected chi connectivity index (χ1v) is 7.28. The molecule has 1 atom stereocenters. The van der Waals surface area contributed by atoms with Gasteiger partial charge in [-0.05, 0) is 47.5 Å². The molecule has 7 heteroatoms. The summed E-state index contributed by atoms with van der Waals surface area (Å²) in [5, 5.41) is 15.3. The summed E-state index contributed by atoms with van der Waals surface area (Å²) in [6.45, 7) is 7.64. The minimum Gasteiger partial charge on any atom is -0.307 e. The fourth-order valence-corrected chi connectivity index (χ4v) is 2.15. The van der Waals surface area contributed by atoms with Crippen molar-refractivity contribution in [2.24, 2.45) is 5.92 Å². The summed E-state index contributed by atoms with van der Waals surface area (Å²) in [4.78, 5) is 0. The van der Waals surface area contributed by atoms with Crippen molar-refractivity contribution in [3.8, 4) is 0 Å². The molecule has 2 rings (SSSR count). The van der Waals surface area contributed by atoms with Crippen LogP contribution in [-0.2, 0) is 6.54 Å². The van der Waals surface area contributed by atoms with Gasteiger partial charge < -0.3 is 5.32 Å². The fraction of sp³-hybridized carbons (Fsp3) is 0.500. The molecule has 0 aliphatic heterocycles. The van der Waals surface area contributed by atoms with Gasteiger partial charge in [0.2, 0.25) is 0 Å². The van der Waals surface area contributed by atoms with E-state index >= 15 is 0 Å². The van der Waals surface area contributed by atoms with Crippen LogP contribution in [0.15, 0.2) is 18.2 Å². The van der Waals surface area contributed by atoms with Gasteiger partial charge in [-0.3, -0.25) is 0 Å². The van der Waals surface area contributed by atoms with Gasteiger partial charge in [0.1, 0.15) is 5.82 Å². The van der Waals surface area contributed by atoms with E-state index in [1.807, 2.05) is 6.92 Å². The fourth-order valence-electron chi connectivity index (χ4n) is 1.95. The molecular formula is C14H19ClFN5. The summed E-state index contributed by atoms with van der Waals surface area (Å²) in [5.74, 6) is 0.869. The summed E-state index contributed by atoms with van der Waals surface area (Å²) in [5.41, 5.74) is 0.853. The molecule has 0 spiro atoms. The Balaban J connectivity index is 2.10. The van der Waals surface area contributed by atoms with Crippen molar-refractivity contribution < 1.29 is 4.39 Å². The highest BCUT2D eigenvalue weighted by atomic mass is 35.5. The zero-order chi connectivity index (χ0) is 15.4. The highest BCUT2D eigenvalue weighted by molar-refractivity contribution is 6.30. The first-order chi connectivity index (χ1) is 9.97. The summed E-state index contributed by atoms with van der Waals surface area (Å²) < 4.78 is 14.9. The van der Waals surface area contributed by atoms with E-state index in [-0.39, 0.29) is 11.1 Å². The van der Waals surface area contributed by atoms with Gasteiger partial charge in [-0.25, -0.2) is 9.07 Å². The number of hydrogen-bond donors (Lipinski definition) is 1. The standard InChI is InChI=1S/C14H19ClFN5/c1-9(2)7-17-10(3)14-18-19-20-21(14)8-11-4-5-13(16)12(15)6-11/h4-6,9-10,17H,7-8H2,1-3H3. The molecule has 1 aromatic heterocycles. The van der Waals surface area contributed by atoms with Gasteiger partial charge in [-0.2, -0.15) is 0 Å². The average Bonchev–Trinajstić information content (AvgIpc) is 2.88. The van der Waals surface area contributed by atoms with E-state index < -0.39 is 5.82 Å². The molecule has 0 amide bonds. The molecule has 0 radical (unpaired) electrons. The largest absolute Gasteiger partial charge is 0.307 e. The topological polar surface area (TPSA) is 55.6 Å². The van der Waals surface area contributed by atoms with Gasteiger partial charge in [0.25, 0.3) is 0 Å². The molecule has 1 N–H and O–H groups in total. The van der Waals surface area contributed by atoms with Crippen LogP contribution in [0.5, 0.6) is 0 Å². The molecule has 1 heterocycles. The van der Waals surface area contributed by atoms with Crippen LogP contribution in [0.25, 0.3) is 0 Å². The lowest BCUT2D eigenvalue weighted by atomic mass is 10.2. The third-order valence-corrected chi connectivity index (χ3v) is 3.39. The van der Waals surface area contributed by atoms with Crippen molar-refractivity contribution in [1.82, 2.24) is 25.5 Å². The summed E-state index contributed by atoms with van der Waals surface area (Å²) in [6, 6.07) is 4.66. The Morgan fingerprint density at radius 1 is 1.33 bits per heavy atom. The number of halogens is 2. The summed E-state index contributed by atoms with van der Waals surface area (Å²) >= 11 is 5.79. The van der Waals surface area contributed by atoms with Gasteiger partial charge in [0.05, 0.1) is 17.6 Å². The van der Waals surface area contributed by atoms with Gasteiger partial charge in [0, 0.05) is 0 Å². The molecule has 5 nitrogen and oxygen atoms in total. The third-order valence-electron chi connectivity index (χ3n) is 3.10. The van der Waals surface area contributed by atoms with E-state index in [0.29, 0.717) is 12.5 Å². The Hall–Kier alpha value is -1.53. The van der Waals surface area contributed by atoms with Crippen LogP contribution in [0.4, 0.5) is 4.39 Å². The molecule has 2 aromatic rings. The Morgan fingerprint density at radius 3 is 2.76 bits per heavy atom. The van der Waals surface area contributed by atoms with Crippen LogP contribution >= 0.6 is 11.6 Å². The highest BCUT2D eigenvalue weighted by Gasteiger charge is 2.15. The Labute approximate surface area is 128 Å². The monoisotopic (exact) mass is 311 g/mol. The number of aromatic nitrogens is 4. The number of nitrogens with zero attached hydrogens (tertiary/aromatic N) is 4. The van der Waals surface area contributed by atoms with Crippen LogP contribution in [0.3, 0.4) is 0 Å². The minimum atomic E-state index is -0.427. The zero-order valence-electron chi connectivity index (χ0n) is 12.3. The number of benzene rings is 1. The van der Waals surface area contributed by atoms with E-state index in [2.05, 4.69) is 34.7 Å². The van der Waals surface area contributed by atoms with Gasteiger partial charge >= 0.3 is 0 Å². The van der Waals surface area contributed by atoms with E-state index in [4.69, 9.17) is 11.6 Å². The molecule has 0 fully saturated rings. The Bertz CT molecular complexity index is 599. The predicted molar refractivity (Wildman–Crippen MR) is 79.6 cm³/mol. The maximum absolute atomic E-state index is 13.2. The highest BCUT2D eigenvalue weighted by Crippen LogP contribution is 2.17. The molecule has 0 saturated carbocycles. The molecule has 0 bridgehead atoms. The first-order valence-electron chi connectivity index (χ1n) is 6.90. The average molecular weight is 312 g/mol. The third kappa shape index (κ3) is 4.22. The minimum absolute atomic E-state index is 0.0401. The van der Waals surface area contributed by atoms with E-state index in [0.717, 1.165) is 17.9 Å². The normalized spacial score (nSPS) is 12.9. The number of nitrogens with one attached hydrogen (secondary N) is 1. The zero-order valence-corrected chi connectivity index (χ0v) is 13.1. The van der Waals surface area contributed by atoms with Crippen molar-refractivity contribution >= 4 is 11.6 Å². The second-order valence-corrected chi connectivity index (χ2v) is 5.87. The second-order valence-electron chi connectivity index (χ2n) is 5.47. The molecule has 0 aliphatic carbocycles. The molecule has 21 heavy (non-hydrogen) atoms. The lowest BCUT2D eigenvalue weighted by molar-refractivity contribution is 0.461. The maximum Gasteiger partial charge on any atom is 0.168 e. The Kier molecular flexibility index (Phi) is 5.25. The van der Waals surface area contributed by atoms with E-state index in [9.17, 15) is 4.39 Å². The predicted octanol–water partition coefficient (Wildman–Crippen LogP) is 2.82.